The maximum absolute atomic E-state index is 12.0. The number of amides is 2. The molecule has 4 heteroatoms. The van der Waals surface area contributed by atoms with E-state index in [9.17, 15) is 9.59 Å². The van der Waals surface area contributed by atoms with Crippen molar-refractivity contribution in [3.8, 4) is 0 Å². The van der Waals surface area contributed by atoms with Crippen molar-refractivity contribution in [3.05, 3.63) is 29.8 Å². The summed E-state index contributed by atoms with van der Waals surface area (Å²) in [5, 5.41) is 2.67. The number of nitrogens with zero attached hydrogens (tertiary/aromatic N) is 1. The third-order valence-corrected chi connectivity index (χ3v) is 2.65. The summed E-state index contributed by atoms with van der Waals surface area (Å²) < 4.78 is 0. The van der Waals surface area contributed by atoms with Crippen molar-refractivity contribution in [2.45, 2.75) is 26.7 Å². The highest BCUT2D eigenvalue weighted by atomic mass is 16.2. The first kappa shape index (κ1) is 14.2. The number of carbonyl (C=O) groups excluding carboxylic acids is 2. The molecule has 0 saturated carbocycles. The number of unbranched alkanes of at least 4 members (excludes halogenated alkanes) is 1. The van der Waals surface area contributed by atoms with Crippen LogP contribution in [0.5, 0.6) is 0 Å². The predicted molar refractivity (Wildman–Crippen MR) is 72.6 cm³/mol. The smallest absolute Gasteiger partial charge is 0.253 e. The highest BCUT2D eigenvalue weighted by molar-refractivity contribution is 5.95. The molecule has 0 aliphatic rings. The Balaban J connectivity index is 2.66. The van der Waals surface area contributed by atoms with Gasteiger partial charge in [-0.2, -0.15) is 0 Å². The summed E-state index contributed by atoms with van der Waals surface area (Å²) in [6, 6.07) is 6.94. The lowest BCUT2D eigenvalue weighted by Crippen LogP contribution is -2.27. The molecule has 1 N–H and O–H groups in total. The van der Waals surface area contributed by atoms with Gasteiger partial charge in [-0.05, 0) is 30.7 Å². The lowest BCUT2D eigenvalue weighted by molar-refractivity contribution is -0.114. The standard InChI is InChI=1S/C14H20N2O2/c1-4-5-10-16(3)14(18)12-6-8-13(9-7-12)15-11(2)17/h6-9H,4-5,10H2,1-3H3,(H,15,17). The van der Waals surface area contributed by atoms with Gasteiger partial charge in [0.15, 0.2) is 0 Å². The second kappa shape index (κ2) is 6.79. The van der Waals surface area contributed by atoms with Crippen molar-refractivity contribution >= 4 is 17.5 Å². The number of hydrogen-bond acceptors (Lipinski definition) is 2. The number of carbonyl (C=O) groups is 2. The molecule has 0 fully saturated rings. The highest BCUT2D eigenvalue weighted by Crippen LogP contribution is 2.11. The van der Waals surface area contributed by atoms with Crippen molar-refractivity contribution in [2.75, 3.05) is 18.9 Å². The minimum atomic E-state index is -0.117. The third kappa shape index (κ3) is 4.20. The summed E-state index contributed by atoms with van der Waals surface area (Å²) in [4.78, 5) is 24.6. The lowest BCUT2D eigenvalue weighted by Gasteiger charge is -2.16. The average Bonchev–Trinajstić information content (AvgIpc) is 2.35. The van der Waals surface area contributed by atoms with E-state index in [0.29, 0.717) is 11.3 Å². The molecule has 0 heterocycles. The van der Waals surface area contributed by atoms with E-state index < -0.39 is 0 Å². The molecular formula is C14H20N2O2. The van der Waals surface area contributed by atoms with Crippen LogP contribution in [-0.4, -0.2) is 30.3 Å². The van der Waals surface area contributed by atoms with E-state index in [1.54, 1.807) is 36.2 Å². The Hall–Kier alpha value is -1.84. The Bertz CT molecular complexity index is 412. The largest absolute Gasteiger partial charge is 0.342 e. The number of nitrogens with one attached hydrogen (secondary N) is 1. The second-order valence-corrected chi connectivity index (χ2v) is 4.34. The Labute approximate surface area is 108 Å². The predicted octanol–water partition coefficient (Wildman–Crippen LogP) is 2.52. The first-order chi connectivity index (χ1) is 8.54. The lowest BCUT2D eigenvalue weighted by atomic mass is 10.1. The summed E-state index contributed by atoms with van der Waals surface area (Å²) >= 11 is 0. The van der Waals surface area contributed by atoms with Crippen LogP contribution in [0.1, 0.15) is 37.0 Å². The Kier molecular flexibility index (Phi) is 5.36. The molecule has 2 amide bonds. The van der Waals surface area contributed by atoms with Gasteiger partial charge in [0.2, 0.25) is 5.91 Å². The Morgan fingerprint density at radius 2 is 1.83 bits per heavy atom. The highest BCUT2D eigenvalue weighted by Gasteiger charge is 2.10. The van der Waals surface area contributed by atoms with Crippen molar-refractivity contribution in [3.63, 3.8) is 0 Å². The summed E-state index contributed by atoms with van der Waals surface area (Å²) in [7, 11) is 1.81. The van der Waals surface area contributed by atoms with E-state index in [0.717, 1.165) is 19.4 Å². The van der Waals surface area contributed by atoms with Gasteiger partial charge in [0.25, 0.3) is 5.91 Å². The monoisotopic (exact) mass is 248 g/mol. The van der Waals surface area contributed by atoms with Crippen LogP contribution < -0.4 is 5.32 Å². The maximum Gasteiger partial charge on any atom is 0.253 e. The fraction of sp³-hybridized carbons (Fsp3) is 0.429. The van der Waals surface area contributed by atoms with Crippen LogP contribution in [0.25, 0.3) is 0 Å². The van der Waals surface area contributed by atoms with Gasteiger partial charge in [-0.15, -0.1) is 0 Å². The summed E-state index contributed by atoms with van der Waals surface area (Å²) in [5.41, 5.74) is 1.35. The van der Waals surface area contributed by atoms with Crippen LogP contribution in [0.3, 0.4) is 0 Å². The van der Waals surface area contributed by atoms with Crippen molar-refractivity contribution in [1.82, 2.24) is 4.90 Å². The zero-order valence-electron chi connectivity index (χ0n) is 11.2. The minimum absolute atomic E-state index is 0.0119. The maximum atomic E-state index is 12.0. The number of anilines is 1. The van der Waals surface area contributed by atoms with Gasteiger partial charge in [-0.25, -0.2) is 0 Å². The molecule has 4 nitrogen and oxygen atoms in total. The molecule has 18 heavy (non-hydrogen) atoms. The van der Waals surface area contributed by atoms with Gasteiger partial charge in [0, 0.05) is 31.8 Å². The van der Waals surface area contributed by atoms with Crippen LogP contribution in [0, 0.1) is 0 Å². The van der Waals surface area contributed by atoms with E-state index in [4.69, 9.17) is 0 Å². The first-order valence-electron chi connectivity index (χ1n) is 6.17. The molecule has 1 aromatic rings. The molecule has 0 spiro atoms. The van der Waals surface area contributed by atoms with Crippen molar-refractivity contribution < 1.29 is 9.59 Å². The summed E-state index contributed by atoms with van der Waals surface area (Å²) in [6.07, 6.45) is 2.07. The molecule has 0 aliphatic carbocycles. The van der Waals surface area contributed by atoms with Gasteiger partial charge in [-0.1, -0.05) is 13.3 Å². The minimum Gasteiger partial charge on any atom is -0.342 e. The van der Waals surface area contributed by atoms with Gasteiger partial charge >= 0.3 is 0 Å². The fourth-order valence-electron chi connectivity index (χ4n) is 1.62. The normalized spacial score (nSPS) is 9.94. The van der Waals surface area contributed by atoms with E-state index in [-0.39, 0.29) is 11.8 Å². The zero-order valence-corrected chi connectivity index (χ0v) is 11.2. The van der Waals surface area contributed by atoms with Gasteiger partial charge < -0.3 is 10.2 Å². The fourth-order valence-corrected chi connectivity index (χ4v) is 1.62. The summed E-state index contributed by atoms with van der Waals surface area (Å²) in [5.74, 6) is -0.105. The summed E-state index contributed by atoms with van der Waals surface area (Å²) in [6.45, 7) is 4.32. The van der Waals surface area contributed by atoms with E-state index in [1.807, 2.05) is 0 Å². The van der Waals surface area contributed by atoms with E-state index in [2.05, 4.69) is 12.2 Å². The topological polar surface area (TPSA) is 49.4 Å². The molecular weight excluding hydrogens is 228 g/mol. The Morgan fingerprint density at radius 1 is 1.22 bits per heavy atom. The SMILES string of the molecule is CCCCN(C)C(=O)c1ccc(NC(C)=O)cc1. The molecule has 0 atom stereocenters. The zero-order chi connectivity index (χ0) is 13.5. The van der Waals surface area contributed by atoms with Crippen molar-refractivity contribution in [2.24, 2.45) is 0 Å². The van der Waals surface area contributed by atoms with Gasteiger partial charge in [-0.3, -0.25) is 9.59 Å². The molecule has 0 bridgehead atoms. The van der Waals surface area contributed by atoms with E-state index >= 15 is 0 Å². The first-order valence-corrected chi connectivity index (χ1v) is 6.17. The van der Waals surface area contributed by atoms with Crippen LogP contribution in [0.4, 0.5) is 5.69 Å². The quantitative estimate of drug-likeness (QED) is 0.870. The van der Waals surface area contributed by atoms with Gasteiger partial charge in [0.05, 0.1) is 0 Å². The number of hydrogen-bond donors (Lipinski definition) is 1. The molecule has 1 aromatic carbocycles. The van der Waals surface area contributed by atoms with Gasteiger partial charge in [0.1, 0.15) is 0 Å². The molecule has 1 rings (SSSR count). The number of benzene rings is 1. The van der Waals surface area contributed by atoms with Crippen LogP contribution in [0.2, 0.25) is 0 Å². The molecule has 0 aromatic heterocycles. The average molecular weight is 248 g/mol. The molecule has 0 unspecified atom stereocenters. The Morgan fingerprint density at radius 3 is 2.33 bits per heavy atom. The van der Waals surface area contributed by atoms with Crippen molar-refractivity contribution in [1.29, 1.82) is 0 Å². The van der Waals surface area contributed by atoms with Crippen LogP contribution in [0.15, 0.2) is 24.3 Å². The van der Waals surface area contributed by atoms with E-state index in [1.165, 1.54) is 6.92 Å². The third-order valence-electron chi connectivity index (χ3n) is 2.65. The molecule has 0 saturated heterocycles. The molecule has 0 radical (unpaired) electrons. The number of rotatable bonds is 5. The molecule has 0 aliphatic heterocycles. The molecule has 98 valence electrons. The van der Waals surface area contributed by atoms with Crippen LogP contribution in [-0.2, 0) is 4.79 Å². The van der Waals surface area contributed by atoms with Crippen LogP contribution >= 0.6 is 0 Å². The second-order valence-electron chi connectivity index (χ2n) is 4.34.